The Bertz CT molecular complexity index is 1050. The van der Waals surface area contributed by atoms with Crippen molar-refractivity contribution in [3.05, 3.63) is 64.7 Å². The fourth-order valence-corrected chi connectivity index (χ4v) is 5.21. The normalized spacial score (nSPS) is 25.9. The molecule has 1 N–H and O–H groups in total. The van der Waals surface area contributed by atoms with Gasteiger partial charge in [0.25, 0.3) is 5.91 Å². The highest BCUT2D eigenvalue weighted by Gasteiger charge is 2.56. The van der Waals surface area contributed by atoms with Crippen LogP contribution in [0, 0.1) is 20.8 Å². The van der Waals surface area contributed by atoms with E-state index >= 15 is 0 Å². The van der Waals surface area contributed by atoms with E-state index in [1.165, 1.54) is 10.5 Å². The third kappa shape index (κ3) is 3.36. The second kappa shape index (κ2) is 7.90. The van der Waals surface area contributed by atoms with Crippen LogP contribution in [0.15, 0.2) is 42.5 Å². The van der Waals surface area contributed by atoms with Crippen molar-refractivity contribution in [3.8, 4) is 0 Å². The van der Waals surface area contributed by atoms with Crippen LogP contribution in [0.5, 0.6) is 0 Å². The van der Waals surface area contributed by atoms with E-state index in [0.717, 1.165) is 41.9 Å². The topological polar surface area (TPSA) is 59.1 Å². The van der Waals surface area contributed by atoms with Crippen molar-refractivity contribution >= 4 is 17.6 Å². The third-order valence-corrected chi connectivity index (χ3v) is 7.07. The smallest absolute Gasteiger partial charge is 0.328 e. The van der Waals surface area contributed by atoms with E-state index in [2.05, 4.69) is 58.4 Å². The fraction of sp³-hybridized carbons (Fsp3) is 0.440. The predicted molar refractivity (Wildman–Crippen MR) is 124 cm³/mol. The summed E-state index contributed by atoms with van der Waals surface area (Å²) in [5.74, 6) is -0.111. The van der Waals surface area contributed by atoms with Crippen LogP contribution in [0.1, 0.15) is 28.7 Å². The van der Waals surface area contributed by atoms with Gasteiger partial charge in [-0.2, -0.15) is 0 Å². The maximum Gasteiger partial charge on any atom is 0.328 e. The van der Waals surface area contributed by atoms with E-state index in [1.54, 1.807) is 11.9 Å². The summed E-state index contributed by atoms with van der Waals surface area (Å²) < 4.78 is 0. The number of nitrogens with zero attached hydrogens (tertiary/aromatic N) is 4. The van der Waals surface area contributed by atoms with Crippen LogP contribution >= 0.6 is 0 Å². The molecule has 3 heterocycles. The molecular weight excluding hydrogens is 402 g/mol. The number of carbonyl (C=O) groups excluding carboxylic acids is 2. The SMILES string of the molecule is Cc1ccc(N2CCCN3C4C(=O)N(Cc5cc(C)ccc5C)C(=O)N(C)C4NC23)cc1. The van der Waals surface area contributed by atoms with Gasteiger partial charge in [0.15, 0.2) is 0 Å². The zero-order valence-corrected chi connectivity index (χ0v) is 19.2. The molecule has 3 unspecified atom stereocenters. The van der Waals surface area contributed by atoms with Crippen molar-refractivity contribution < 1.29 is 9.59 Å². The molecule has 32 heavy (non-hydrogen) atoms. The molecule has 0 aliphatic carbocycles. The molecule has 2 aromatic rings. The van der Waals surface area contributed by atoms with Crippen LogP contribution in [0.25, 0.3) is 0 Å². The standard InChI is InChI=1S/C25H31N5O2/c1-16-7-10-20(11-8-16)28-12-5-13-29-21-22(26-24(28)29)27(4)25(32)30(23(21)31)15-19-14-17(2)6-9-18(19)3/h6-11,14,21-22,24,26H,5,12-13,15H2,1-4H3. The van der Waals surface area contributed by atoms with Gasteiger partial charge in [0.05, 0.1) is 6.54 Å². The molecule has 3 aliphatic heterocycles. The number of nitrogens with one attached hydrogen (secondary N) is 1. The molecule has 3 amide bonds. The Morgan fingerprint density at radius 1 is 0.969 bits per heavy atom. The summed E-state index contributed by atoms with van der Waals surface area (Å²) in [5, 5.41) is 3.58. The summed E-state index contributed by atoms with van der Waals surface area (Å²) in [7, 11) is 1.80. The van der Waals surface area contributed by atoms with Crippen molar-refractivity contribution in [2.75, 3.05) is 25.0 Å². The molecular formula is C25H31N5O2. The van der Waals surface area contributed by atoms with Crippen LogP contribution < -0.4 is 10.2 Å². The number of aryl methyl sites for hydroxylation is 3. The van der Waals surface area contributed by atoms with E-state index in [-0.39, 0.29) is 30.4 Å². The van der Waals surface area contributed by atoms with Gasteiger partial charge in [-0.15, -0.1) is 0 Å². The Hall–Kier alpha value is -2.90. The highest BCUT2D eigenvalue weighted by Crippen LogP contribution is 2.33. The zero-order valence-electron chi connectivity index (χ0n) is 19.2. The lowest BCUT2D eigenvalue weighted by Gasteiger charge is -2.44. The Morgan fingerprint density at radius 2 is 1.69 bits per heavy atom. The molecule has 0 aromatic heterocycles. The van der Waals surface area contributed by atoms with E-state index in [1.807, 2.05) is 19.9 Å². The lowest BCUT2D eigenvalue weighted by molar-refractivity contribution is -0.139. The van der Waals surface area contributed by atoms with Crippen molar-refractivity contribution in [1.29, 1.82) is 0 Å². The summed E-state index contributed by atoms with van der Waals surface area (Å²) in [6.45, 7) is 8.18. The van der Waals surface area contributed by atoms with E-state index < -0.39 is 0 Å². The fourth-order valence-electron chi connectivity index (χ4n) is 5.21. The number of urea groups is 1. The summed E-state index contributed by atoms with van der Waals surface area (Å²) >= 11 is 0. The van der Waals surface area contributed by atoms with Gasteiger partial charge in [0.2, 0.25) is 0 Å². The second-order valence-corrected chi connectivity index (χ2v) is 9.30. The minimum atomic E-state index is -0.388. The molecule has 5 rings (SSSR count). The molecule has 168 valence electrons. The number of carbonyl (C=O) groups is 2. The van der Waals surface area contributed by atoms with Crippen LogP contribution in [0.3, 0.4) is 0 Å². The molecule has 0 radical (unpaired) electrons. The molecule has 3 fully saturated rings. The van der Waals surface area contributed by atoms with Crippen LogP contribution in [0.4, 0.5) is 10.5 Å². The second-order valence-electron chi connectivity index (χ2n) is 9.30. The highest BCUT2D eigenvalue weighted by molar-refractivity contribution is 6.00. The predicted octanol–water partition coefficient (Wildman–Crippen LogP) is 2.80. The van der Waals surface area contributed by atoms with Gasteiger partial charge in [-0.05, 0) is 50.5 Å². The summed E-state index contributed by atoms with van der Waals surface area (Å²) in [5.41, 5.74) is 5.58. The molecule has 0 saturated carbocycles. The Kier molecular flexibility index (Phi) is 5.18. The Labute approximate surface area is 189 Å². The number of amides is 3. The van der Waals surface area contributed by atoms with Gasteiger partial charge >= 0.3 is 6.03 Å². The van der Waals surface area contributed by atoms with Gasteiger partial charge in [-0.1, -0.05) is 41.5 Å². The Balaban J connectivity index is 1.44. The first-order valence-electron chi connectivity index (χ1n) is 11.3. The van der Waals surface area contributed by atoms with Crippen molar-refractivity contribution in [2.24, 2.45) is 0 Å². The molecule has 3 saturated heterocycles. The number of anilines is 1. The summed E-state index contributed by atoms with van der Waals surface area (Å²) in [6, 6.07) is 14.0. The molecule has 3 aliphatic rings. The molecule has 0 bridgehead atoms. The average molecular weight is 434 g/mol. The highest BCUT2D eigenvalue weighted by atomic mass is 16.2. The van der Waals surface area contributed by atoms with Crippen LogP contribution in [0.2, 0.25) is 0 Å². The summed E-state index contributed by atoms with van der Waals surface area (Å²) in [4.78, 5) is 34.6. The van der Waals surface area contributed by atoms with Crippen LogP contribution in [-0.2, 0) is 11.3 Å². The first kappa shape index (κ1) is 21.0. The number of hydrogen-bond donors (Lipinski definition) is 1. The lowest BCUT2D eigenvalue weighted by atomic mass is 10.0. The minimum absolute atomic E-state index is 0.110. The molecule has 3 atom stereocenters. The molecule has 2 aromatic carbocycles. The largest absolute Gasteiger partial charge is 0.343 e. The minimum Gasteiger partial charge on any atom is -0.343 e. The number of imide groups is 1. The van der Waals surface area contributed by atoms with E-state index in [0.29, 0.717) is 6.54 Å². The third-order valence-electron chi connectivity index (χ3n) is 7.07. The van der Waals surface area contributed by atoms with Gasteiger partial charge in [0, 0.05) is 25.8 Å². The number of benzene rings is 2. The Morgan fingerprint density at radius 3 is 2.44 bits per heavy atom. The quantitative estimate of drug-likeness (QED) is 0.807. The number of rotatable bonds is 3. The van der Waals surface area contributed by atoms with E-state index in [4.69, 9.17) is 0 Å². The maximum atomic E-state index is 13.7. The lowest BCUT2D eigenvalue weighted by Crippen LogP contribution is -2.66. The molecule has 0 spiro atoms. The van der Waals surface area contributed by atoms with Crippen molar-refractivity contribution in [3.63, 3.8) is 0 Å². The summed E-state index contributed by atoms with van der Waals surface area (Å²) in [6.07, 6.45) is 0.527. The monoisotopic (exact) mass is 433 g/mol. The van der Waals surface area contributed by atoms with Crippen molar-refractivity contribution in [2.45, 2.75) is 52.2 Å². The van der Waals surface area contributed by atoms with Gasteiger partial charge in [-0.3, -0.25) is 19.9 Å². The van der Waals surface area contributed by atoms with Gasteiger partial charge in [0.1, 0.15) is 18.5 Å². The van der Waals surface area contributed by atoms with Gasteiger partial charge in [-0.25, -0.2) is 4.79 Å². The maximum absolute atomic E-state index is 13.7. The number of hydrogen-bond acceptors (Lipinski definition) is 5. The first-order chi connectivity index (χ1) is 15.3. The average Bonchev–Trinajstić information content (AvgIpc) is 3.18. The molecule has 7 heteroatoms. The molecule has 7 nitrogen and oxygen atoms in total. The number of fused-ring (bicyclic) bond motifs is 3. The van der Waals surface area contributed by atoms with E-state index in [9.17, 15) is 9.59 Å². The van der Waals surface area contributed by atoms with Crippen LogP contribution in [-0.4, -0.2) is 65.3 Å². The van der Waals surface area contributed by atoms with Crippen molar-refractivity contribution in [1.82, 2.24) is 20.0 Å². The first-order valence-corrected chi connectivity index (χ1v) is 11.3. The van der Waals surface area contributed by atoms with Gasteiger partial charge < -0.3 is 9.80 Å². The zero-order chi connectivity index (χ0) is 22.6. The number of likely N-dealkylation sites (N-methyl/N-ethyl adjacent to an activating group) is 1.